The summed E-state index contributed by atoms with van der Waals surface area (Å²) in [4.78, 5) is 30.7. The number of hydrogen-bond donors (Lipinski definition) is 2. The standard InChI is InChI=1S/C24H31N3O3/c28-21(29)11-14-2-1-7-27(13-14)20-4-3-17(12-25-20)23(30)26-22-19-10-15-8-16-5-6-24(19,22)18(16)9-15/h3-4,12,14-16,18-19,22H,1-2,5-11,13H2,(H,26,30)(H,28,29). The molecular weight excluding hydrogens is 378 g/mol. The van der Waals surface area contributed by atoms with Crippen LogP contribution in [-0.2, 0) is 4.79 Å². The summed E-state index contributed by atoms with van der Waals surface area (Å²) in [5, 5.41) is 12.5. The number of carbonyl (C=O) groups excluding carboxylic acids is 1. The monoisotopic (exact) mass is 409 g/mol. The van der Waals surface area contributed by atoms with E-state index in [1.807, 2.05) is 12.1 Å². The lowest BCUT2D eigenvalue weighted by Gasteiger charge is -2.33. The summed E-state index contributed by atoms with van der Waals surface area (Å²) in [5.74, 6) is 3.72. The molecule has 1 spiro atoms. The Labute approximate surface area is 177 Å². The van der Waals surface area contributed by atoms with Gasteiger partial charge >= 0.3 is 5.97 Å². The lowest BCUT2D eigenvalue weighted by molar-refractivity contribution is -0.138. The van der Waals surface area contributed by atoms with Crippen molar-refractivity contribution in [3.63, 3.8) is 0 Å². The number of anilines is 1. The van der Waals surface area contributed by atoms with Crippen LogP contribution in [0.3, 0.4) is 0 Å². The van der Waals surface area contributed by atoms with Crippen LogP contribution >= 0.6 is 0 Å². The van der Waals surface area contributed by atoms with E-state index < -0.39 is 5.97 Å². The minimum Gasteiger partial charge on any atom is -0.481 e. The molecule has 6 rings (SSSR count). The zero-order valence-corrected chi connectivity index (χ0v) is 17.4. The Morgan fingerprint density at radius 2 is 2.07 bits per heavy atom. The number of amides is 1. The highest BCUT2D eigenvalue weighted by Crippen LogP contribution is 2.77. The second-order valence-corrected chi connectivity index (χ2v) is 10.6. The quantitative estimate of drug-likeness (QED) is 0.780. The molecule has 1 amide bonds. The number of fused-ring (bicyclic) bond motifs is 1. The minimum absolute atomic E-state index is 0.0181. The van der Waals surface area contributed by atoms with Crippen molar-refractivity contribution in [3.8, 4) is 0 Å². The maximum absolute atomic E-state index is 12.9. The maximum atomic E-state index is 12.9. The number of pyridine rings is 1. The van der Waals surface area contributed by atoms with E-state index in [4.69, 9.17) is 5.11 Å². The van der Waals surface area contributed by atoms with Crippen LogP contribution in [0.2, 0.25) is 0 Å². The number of aliphatic carboxylic acids is 1. The molecule has 4 aliphatic carbocycles. The van der Waals surface area contributed by atoms with Crippen molar-refractivity contribution in [3.05, 3.63) is 23.9 Å². The van der Waals surface area contributed by atoms with Gasteiger partial charge in [0.2, 0.25) is 0 Å². The lowest BCUT2D eigenvalue weighted by atomic mass is 9.80. The Morgan fingerprint density at radius 3 is 2.87 bits per heavy atom. The number of rotatable bonds is 5. The number of nitrogens with zero attached hydrogens (tertiary/aromatic N) is 2. The number of carboxylic acid groups (broad SMARTS) is 1. The number of piperidine rings is 1. The Morgan fingerprint density at radius 1 is 1.20 bits per heavy atom. The van der Waals surface area contributed by atoms with Crippen molar-refractivity contribution in [1.29, 1.82) is 0 Å². The van der Waals surface area contributed by atoms with Gasteiger partial charge in [-0.1, -0.05) is 0 Å². The van der Waals surface area contributed by atoms with Gasteiger partial charge in [0.1, 0.15) is 5.82 Å². The maximum Gasteiger partial charge on any atom is 0.303 e. The van der Waals surface area contributed by atoms with Crippen LogP contribution in [0.25, 0.3) is 0 Å². The number of carboxylic acids is 1. The van der Waals surface area contributed by atoms with Crippen molar-refractivity contribution in [2.45, 2.75) is 57.4 Å². The highest BCUT2D eigenvalue weighted by molar-refractivity contribution is 5.94. The second kappa shape index (κ2) is 6.69. The molecule has 1 saturated heterocycles. The molecular formula is C24H31N3O3. The molecule has 5 aliphatic rings. The molecule has 4 saturated carbocycles. The van der Waals surface area contributed by atoms with E-state index in [1.165, 1.54) is 32.1 Å². The molecule has 2 heterocycles. The Bertz CT molecular complexity index is 871. The van der Waals surface area contributed by atoms with Crippen molar-refractivity contribution in [2.24, 2.45) is 35.0 Å². The highest BCUT2D eigenvalue weighted by atomic mass is 16.4. The van der Waals surface area contributed by atoms with E-state index in [1.54, 1.807) is 6.20 Å². The first-order chi connectivity index (χ1) is 14.5. The molecule has 0 radical (unpaired) electrons. The fourth-order valence-electron chi connectivity index (χ4n) is 7.99. The average molecular weight is 410 g/mol. The molecule has 6 heteroatoms. The van der Waals surface area contributed by atoms with E-state index in [2.05, 4.69) is 15.2 Å². The third-order valence-electron chi connectivity index (χ3n) is 9.18. The highest BCUT2D eigenvalue weighted by Gasteiger charge is 2.75. The van der Waals surface area contributed by atoms with E-state index >= 15 is 0 Å². The minimum atomic E-state index is -0.733. The van der Waals surface area contributed by atoms with Gasteiger partial charge in [-0.3, -0.25) is 9.59 Å². The van der Waals surface area contributed by atoms with Gasteiger partial charge in [0.25, 0.3) is 5.91 Å². The topological polar surface area (TPSA) is 82.5 Å². The molecule has 1 aromatic rings. The molecule has 30 heavy (non-hydrogen) atoms. The third-order valence-corrected chi connectivity index (χ3v) is 9.18. The summed E-state index contributed by atoms with van der Waals surface area (Å²) in [5.41, 5.74) is 1.06. The fraction of sp³-hybridized carbons (Fsp3) is 0.708. The van der Waals surface area contributed by atoms with E-state index in [0.29, 0.717) is 22.9 Å². The molecule has 160 valence electrons. The van der Waals surface area contributed by atoms with Gasteiger partial charge in [-0.2, -0.15) is 0 Å². The summed E-state index contributed by atoms with van der Waals surface area (Å²) < 4.78 is 0. The third kappa shape index (κ3) is 2.78. The summed E-state index contributed by atoms with van der Waals surface area (Å²) in [6.07, 6.45) is 10.7. The van der Waals surface area contributed by atoms with E-state index in [-0.39, 0.29) is 18.2 Å². The summed E-state index contributed by atoms with van der Waals surface area (Å²) in [6.45, 7) is 1.62. The Balaban J connectivity index is 1.10. The van der Waals surface area contributed by atoms with Crippen LogP contribution in [-0.4, -0.2) is 41.1 Å². The van der Waals surface area contributed by atoms with Crippen molar-refractivity contribution < 1.29 is 14.7 Å². The Kier molecular flexibility index (Phi) is 4.16. The van der Waals surface area contributed by atoms with Crippen molar-refractivity contribution in [2.75, 3.05) is 18.0 Å². The molecule has 7 atom stereocenters. The van der Waals surface area contributed by atoms with Crippen LogP contribution in [0.5, 0.6) is 0 Å². The van der Waals surface area contributed by atoms with E-state index in [0.717, 1.165) is 49.5 Å². The molecule has 7 unspecified atom stereocenters. The van der Waals surface area contributed by atoms with Crippen molar-refractivity contribution >= 4 is 17.7 Å². The molecule has 2 bridgehead atoms. The Hall–Kier alpha value is -2.11. The van der Waals surface area contributed by atoms with E-state index in [9.17, 15) is 9.59 Å². The normalized spacial score (nSPS) is 40.7. The zero-order valence-electron chi connectivity index (χ0n) is 17.4. The van der Waals surface area contributed by atoms with Crippen LogP contribution in [0.4, 0.5) is 5.82 Å². The number of nitrogens with one attached hydrogen (secondary N) is 1. The SMILES string of the molecule is O=C(O)CC1CCCN(c2ccc(C(=O)NC3C4CC5CC6CCC43C6C5)cn2)C1. The smallest absolute Gasteiger partial charge is 0.303 e. The first-order valence-electron chi connectivity index (χ1n) is 11.8. The van der Waals surface area contributed by atoms with Gasteiger partial charge in [-0.25, -0.2) is 4.98 Å². The number of carbonyl (C=O) groups is 2. The lowest BCUT2D eigenvalue weighted by Crippen LogP contribution is -2.37. The molecule has 2 N–H and O–H groups in total. The van der Waals surface area contributed by atoms with Gasteiger partial charge in [0, 0.05) is 31.7 Å². The predicted octanol–water partition coefficient (Wildman–Crippen LogP) is 3.33. The first kappa shape index (κ1) is 18.6. The van der Waals surface area contributed by atoms with Gasteiger partial charge in [0.05, 0.1) is 5.56 Å². The largest absolute Gasteiger partial charge is 0.481 e. The number of aromatic nitrogens is 1. The van der Waals surface area contributed by atoms with Gasteiger partial charge in [0.15, 0.2) is 0 Å². The first-order valence-corrected chi connectivity index (χ1v) is 11.8. The van der Waals surface area contributed by atoms with Crippen molar-refractivity contribution in [1.82, 2.24) is 10.3 Å². The summed E-state index contributed by atoms with van der Waals surface area (Å²) >= 11 is 0. The van der Waals surface area contributed by atoms with Gasteiger partial charge < -0.3 is 15.3 Å². The predicted molar refractivity (Wildman–Crippen MR) is 112 cm³/mol. The van der Waals surface area contributed by atoms with Crippen LogP contribution in [0.15, 0.2) is 18.3 Å². The molecule has 1 aliphatic heterocycles. The van der Waals surface area contributed by atoms with Crippen LogP contribution in [0, 0.1) is 35.0 Å². The van der Waals surface area contributed by atoms with Crippen LogP contribution in [0.1, 0.15) is 61.7 Å². The van der Waals surface area contributed by atoms with Gasteiger partial charge in [-0.05, 0) is 92.1 Å². The number of hydrogen-bond acceptors (Lipinski definition) is 4. The zero-order chi connectivity index (χ0) is 20.5. The molecule has 5 fully saturated rings. The van der Waals surface area contributed by atoms with Crippen LogP contribution < -0.4 is 10.2 Å². The summed E-state index contributed by atoms with van der Waals surface area (Å²) in [6, 6.07) is 4.18. The average Bonchev–Trinajstić information content (AvgIpc) is 3.01. The van der Waals surface area contributed by atoms with Gasteiger partial charge in [-0.15, -0.1) is 0 Å². The molecule has 1 aromatic heterocycles. The second-order valence-electron chi connectivity index (χ2n) is 10.6. The molecule has 6 nitrogen and oxygen atoms in total. The fourth-order valence-corrected chi connectivity index (χ4v) is 7.99. The summed E-state index contributed by atoms with van der Waals surface area (Å²) in [7, 11) is 0. The molecule has 0 aromatic carbocycles.